The molecule has 1 aliphatic carbocycles. The Labute approximate surface area is 292 Å². The predicted octanol–water partition coefficient (Wildman–Crippen LogP) is 13.6. The van der Waals surface area contributed by atoms with E-state index < -0.39 is 0 Å². The van der Waals surface area contributed by atoms with Crippen molar-refractivity contribution in [2.75, 3.05) is 13.1 Å². The molecule has 1 aliphatic rings. The van der Waals surface area contributed by atoms with Gasteiger partial charge in [0.15, 0.2) is 0 Å². The van der Waals surface area contributed by atoms with Gasteiger partial charge >= 0.3 is 0 Å². The quantitative estimate of drug-likeness (QED) is 0.0300. The number of hydrogen-bond acceptors (Lipinski definition) is 4. The molecule has 4 nitrogen and oxygen atoms in total. The lowest BCUT2D eigenvalue weighted by Gasteiger charge is -2.39. The fourth-order valence-electron chi connectivity index (χ4n) is 7.73. The molecule has 0 radical (unpaired) electrons. The highest BCUT2D eigenvalue weighted by Gasteiger charge is 2.33. The Morgan fingerprint density at radius 1 is 0.489 bits per heavy atom. The maximum absolute atomic E-state index is 10.2. The first-order valence-corrected chi connectivity index (χ1v) is 20.7. The highest BCUT2D eigenvalue weighted by Crippen LogP contribution is 2.43. The molecule has 0 spiro atoms. The molecule has 0 N–H and O–H groups in total. The lowest BCUT2D eigenvalue weighted by Crippen LogP contribution is -2.30. The number of aliphatic imine (C=N–C) groups is 2. The van der Waals surface area contributed by atoms with Gasteiger partial charge in [0.05, 0.1) is 13.1 Å². The van der Waals surface area contributed by atoms with Gasteiger partial charge in [-0.25, -0.2) is 19.6 Å². The Hall–Kier alpha value is -1.76. The van der Waals surface area contributed by atoms with Gasteiger partial charge in [0.1, 0.15) is 0 Å². The van der Waals surface area contributed by atoms with Crippen molar-refractivity contribution in [2.24, 2.45) is 33.7 Å². The van der Waals surface area contributed by atoms with Crippen LogP contribution in [0.5, 0.6) is 0 Å². The minimum Gasteiger partial charge on any atom is -0.211 e. The zero-order valence-corrected chi connectivity index (χ0v) is 31.3. The molecule has 0 bridgehead atoms. The van der Waals surface area contributed by atoms with E-state index in [1.807, 2.05) is 0 Å². The number of carbonyl (C=O) groups excluding carboxylic acids is 2. The summed E-state index contributed by atoms with van der Waals surface area (Å²) in [6, 6.07) is 0. The van der Waals surface area contributed by atoms with Gasteiger partial charge < -0.3 is 0 Å². The Kier molecular flexibility index (Phi) is 31.4. The summed E-state index contributed by atoms with van der Waals surface area (Å²) in [5.74, 6) is 2.99. The number of nitrogens with zero attached hydrogens (tertiary/aromatic N) is 2. The normalized spacial score (nSPS) is 19.2. The second kappa shape index (κ2) is 34.1. The van der Waals surface area contributed by atoms with Crippen LogP contribution in [0.2, 0.25) is 0 Å². The number of rotatable bonds is 34. The molecule has 0 aliphatic heterocycles. The summed E-state index contributed by atoms with van der Waals surface area (Å²) < 4.78 is 0. The third-order valence-corrected chi connectivity index (χ3v) is 10.6. The van der Waals surface area contributed by atoms with E-state index in [0.29, 0.717) is 24.9 Å². The monoisotopic (exact) mass is 653 g/mol. The molecule has 0 fully saturated rings. The minimum atomic E-state index is 0.644. The minimum absolute atomic E-state index is 0.644. The van der Waals surface area contributed by atoms with Gasteiger partial charge in [0, 0.05) is 0 Å². The zero-order valence-electron chi connectivity index (χ0n) is 31.3. The maximum atomic E-state index is 10.2. The van der Waals surface area contributed by atoms with E-state index in [9.17, 15) is 9.59 Å². The standard InChI is InChI=1S/C43H76N2O2/c1-3-5-7-8-9-14-19-25-30-40-34-35-41(31-26-20-15-13-18-23-29-37-45-39-47)43(42(40)32-24-6-4-2)33-27-21-16-11-10-12-17-22-28-36-44-38-46/h27,33-35,40-43H,3-26,28-32,36-37H2,1-2H3. The van der Waals surface area contributed by atoms with Gasteiger partial charge in [0.2, 0.25) is 12.2 Å². The van der Waals surface area contributed by atoms with Gasteiger partial charge in [-0.3, -0.25) is 0 Å². The lowest BCUT2D eigenvalue weighted by molar-refractivity contribution is 0.196. The average molecular weight is 653 g/mol. The van der Waals surface area contributed by atoms with Crippen molar-refractivity contribution in [3.63, 3.8) is 0 Å². The van der Waals surface area contributed by atoms with E-state index in [1.165, 1.54) is 173 Å². The van der Waals surface area contributed by atoms with Crippen molar-refractivity contribution in [1.82, 2.24) is 0 Å². The Morgan fingerprint density at radius 2 is 0.894 bits per heavy atom. The first-order chi connectivity index (χ1) is 23.3. The Balaban J connectivity index is 2.66. The van der Waals surface area contributed by atoms with E-state index in [0.717, 1.165) is 24.7 Å². The van der Waals surface area contributed by atoms with Gasteiger partial charge in [-0.2, -0.15) is 0 Å². The summed E-state index contributed by atoms with van der Waals surface area (Å²) in [6.07, 6.45) is 52.1. The van der Waals surface area contributed by atoms with Crippen LogP contribution < -0.4 is 0 Å². The second-order valence-corrected chi connectivity index (χ2v) is 14.6. The van der Waals surface area contributed by atoms with E-state index in [2.05, 4.69) is 48.1 Å². The van der Waals surface area contributed by atoms with E-state index in [-0.39, 0.29) is 0 Å². The van der Waals surface area contributed by atoms with Crippen LogP contribution >= 0.6 is 0 Å². The van der Waals surface area contributed by atoms with Gasteiger partial charge in [-0.15, -0.1) is 0 Å². The first-order valence-electron chi connectivity index (χ1n) is 20.7. The molecule has 0 aromatic heterocycles. The maximum Gasteiger partial charge on any atom is 0.234 e. The average Bonchev–Trinajstić information content (AvgIpc) is 3.08. The third-order valence-electron chi connectivity index (χ3n) is 10.6. The Bertz CT molecular complexity index is 839. The second-order valence-electron chi connectivity index (χ2n) is 14.6. The van der Waals surface area contributed by atoms with Crippen LogP contribution in [-0.2, 0) is 9.59 Å². The predicted molar refractivity (Wildman–Crippen MR) is 203 cm³/mol. The van der Waals surface area contributed by atoms with Crippen LogP contribution in [0, 0.1) is 23.7 Å². The summed E-state index contributed by atoms with van der Waals surface area (Å²) in [6.45, 7) is 5.95. The van der Waals surface area contributed by atoms with Crippen molar-refractivity contribution in [2.45, 2.75) is 200 Å². The van der Waals surface area contributed by atoms with Crippen LogP contribution in [-0.4, -0.2) is 25.2 Å². The van der Waals surface area contributed by atoms with Crippen LogP contribution in [0.25, 0.3) is 0 Å². The number of isocyanates is 2. The molecule has 4 unspecified atom stereocenters. The van der Waals surface area contributed by atoms with Crippen molar-refractivity contribution < 1.29 is 9.59 Å². The summed E-state index contributed by atoms with van der Waals surface area (Å²) in [4.78, 5) is 27.8. The molecule has 0 saturated carbocycles. The molecular weight excluding hydrogens is 576 g/mol. The lowest BCUT2D eigenvalue weighted by atomic mass is 9.66. The highest BCUT2D eigenvalue weighted by molar-refractivity contribution is 5.32. The number of hydrogen-bond donors (Lipinski definition) is 0. The SMILES string of the molecule is CCCCCCCCCCC1C=CC(CCCCCCCCCN=C=O)C(C=CCCCCCCCCCN=C=O)C1CCCCC. The molecule has 0 aromatic rings. The molecule has 1 rings (SSSR count). The summed E-state index contributed by atoms with van der Waals surface area (Å²) in [5, 5.41) is 0. The van der Waals surface area contributed by atoms with Crippen LogP contribution in [0.1, 0.15) is 200 Å². The van der Waals surface area contributed by atoms with Gasteiger partial charge in [-0.1, -0.05) is 179 Å². The topological polar surface area (TPSA) is 58.9 Å². The molecule has 0 aromatic carbocycles. The fourth-order valence-corrected chi connectivity index (χ4v) is 7.73. The van der Waals surface area contributed by atoms with Gasteiger partial charge in [-0.05, 0) is 68.6 Å². The third kappa shape index (κ3) is 25.0. The molecular formula is C43H76N2O2. The molecule has 270 valence electrons. The number of allylic oxidation sites excluding steroid dienone is 4. The first kappa shape index (κ1) is 43.3. The van der Waals surface area contributed by atoms with E-state index >= 15 is 0 Å². The van der Waals surface area contributed by atoms with Crippen LogP contribution in [0.4, 0.5) is 0 Å². The summed E-state index contributed by atoms with van der Waals surface area (Å²) in [7, 11) is 0. The largest absolute Gasteiger partial charge is 0.234 e. The van der Waals surface area contributed by atoms with E-state index in [1.54, 1.807) is 12.2 Å². The molecule has 0 heterocycles. The summed E-state index contributed by atoms with van der Waals surface area (Å²) >= 11 is 0. The van der Waals surface area contributed by atoms with Gasteiger partial charge in [0.25, 0.3) is 0 Å². The molecule has 47 heavy (non-hydrogen) atoms. The van der Waals surface area contributed by atoms with Crippen molar-refractivity contribution >= 4 is 12.2 Å². The van der Waals surface area contributed by atoms with Crippen LogP contribution in [0.15, 0.2) is 34.3 Å². The molecule has 0 amide bonds. The summed E-state index contributed by atoms with van der Waals surface area (Å²) in [5.41, 5.74) is 0. The number of unbranched alkanes of at least 4 members (excludes halogenated alkanes) is 22. The van der Waals surface area contributed by atoms with Crippen molar-refractivity contribution in [1.29, 1.82) is 0 Å². The molecule has 0 saturated heterocycles. The molecule has 4 atom stereocenters. The van der Waals surface area contributed by atoms with E-state index in [4.69, 9.17) is 0 Å². The Morgan fingerprint density at radius 3 is 1.43 bits per heavy atom. The van der Waals surface area contributed by atoms with Crippen molar-refractivity contribution in [3.8, 4) is 0 Å². The van der Waals surface area contributed by atoms with Crippen molar-refractivity contribution in [3.05, 3.63) is 24.3 Å². The smallest absolute Gasteiger partial charge is 0.211 e. The van der Waals surface area contributed by atoms with Crippen LogP contribution in [0.3, 0.4) is 0 Å². The molecule has 4 heteroatoms. The fraction of sp³-hybridized carbons (Fsp3) is 0.860. The highest BCUT2D eigenvalue weighted by atomic mass is 16.1. The zero-order chi connectivity index (χ0) is 33.9.